The van der Waals surface area contributed by atoms with Crippen LogP contribution in [0.4, 0.5) is 0 Å². The van der Waals surface area contributed by atoms with Crippen molar-refractivity contribution in [1.29, 1.82) is 0 Å². The molecule has 0 aliphatic heterocycles. The Bertz CT molecular complexity index is 275. The largest absolute Gasteiger partial charge is 0.457 e. The normalized spacial score (nSPS) is 16.9. The van der Waals surface area contributed by atoms with E-state index in [1.807, 2.05) is 0 Å². The van der Waals surface area contributed by atoms with Crippen molar-refractivity contribution in [2.75, 3.05) is 0 Å². The monoisotopic (exact) mass is 302 g/mol. The lowest BCUT2D eigenvalue weighted by Crippen LogP contribution is -2.49. The second kappa shape index (κ2) is 5.65. The Hall–Kier alpha value is 0.394. The first-order valence-corrected chi connectivity index (χ1v) is 12.9. The zero-order valence-corrected chi connectivity index (χ0v) is 17.7. The van der Waals surface area contributed by atoms with Crippen molar-refractivity contribution in [1.82, 2.24) is 0 Å². The fourth-order valence-electron chi connectivity index (χ4n) is 3.42. The third-order valence-electron chi connectivity index (χ3n) is 4.62. The van der Waals surface area contributed by atoms with Crippen molar-refractivity contribution in [2.45, 2.75) is 92.5 Å². The lowest BCUT2D eigenvalue weighted by Gasteiger charge is -2.48. The SMILES string of the molecule is C[SiH](O[Si](C)(C)C(C)(C)C)C(C(C)(C)C)C(C)(C)C. The Labute approximate surface area is 125 Å². The molecule has 0 bridgehead atoms. The Morgan fingerprint density at radius 2 is 1.11 bits per heavy atom. The van der Waals surface area contributed by atoms with Crippen molar-refractivity contribution in [3.05, 3.63) is 0 Å². The van der Waals surface area contributed by atoms with Gasteiger partial charge in [-0.2, -0.15) is 0 Å². The molecule has 0 heterocycles. The molecule has 0 radical (unpaired) electrons. The first kappa shape index (κ1) is 19.4. The van der Waals surface area contributed by atoms with Crippen LogP contribution in [-0.2, 0) is 4.12 Å². The van der Waals surface area contributed by atoms with Gasteiger partial charge in [-0.15, -0.1) is 0 Å². The third-order valence-corrected chi connectivity index (χ3v) is 15.0. The summed E-state index contributed by atoms with van der Waals surface area (Å²) in [5, 5.41) is 0.314. The molecule has 0 amide bonds. The summed E-state index contributed by atoms with van der Waals surface area (Å²) in [6, 6.07) is 0. The van der Waals surface area contributed by atoms with Crippen LogP contribution in [0.25, 0.3) is 0 Å². The fourth-order valence-corrected chi connectivity index (χ4v) is 11.9. The van der Waals surface area contributed by atoms with Gasteiger partial charge in [0.05, 0.1) is 0 Å². The van der Waals surface area contributed by atoms with E-state index in [0.717, 1.165) is 0 Å². The predicted octanol–water partition coefficient (Wildman–Crippen LogP) is 5.82. The first-order valence-electron chi connectivity index (χ1n) is 7.68. The number of hydrogen-bond acceptors (Lipinski definition) is 1. The Morgan fingerprint density at radius 1 is 0.789 bits per heavy atom. The van der Waals surface area contributed by atoms with Gasteiger partial charge in [0.2, 0.25) is 0 Å². The van der Waals surface area contributed by atoms with Crippen LogP contribution in [0.1, 0.15) is 62.3 Å². The van der Waals surface area contributed by atoms with Crippen molar-refractivity contribution in [2.24, 2.45) is 10.8 Å². The van der Waals surface area contributed by atoms with Crippen molar-refractivity contribution in [3.8, 4) is 0 Å². The van der Waals surface area contributed by atoms with E-state index in [9.17, 15) is 0 Å². The summed E-state index contributed by atoms with van der Waals surface area (Å²) in [4.78, 5) is 0. The van der Waals surface area contributed by atoms with Gasteiger partial charge in [-0.3, -0.25) is 0 Å². The van der Waals surface area contributed by atoms with Crippen LogP contribution in [0.5, 0.6) is 0 Å². The third kappa shape index (κ3) is 5.35. The van der Waals surface area contributed by atoms with E-state index in [0.29, 0.717) is 21.4 Å². The van der Waals surface area contributed by atoms with Gasteiger partial charge in [-0.25, -0.2) is 0 Å². The molecule has 19 heavy (non-hydrogen) atoms. The number of rotatable bonds is 3. The quantitative estimate of drug-likeness (QED) is 0.596. The van der Waals surface area contributed by atoms with E-state index in [1.165, 1.54) is 0 Å². The van der Waals surface area contributed by atoms with E-state index in [1.54, 1.807) is 0 Å². The molecule has 116 valence electrons. The van der Waals surface area contributed by atoms with Gasteiger partial charge in [-0.1, -0.05) is 62.3 Å². The maximum absolute atomic E-state index is 6.80. The van der Waals surface area contributed by atoms with Gasteiger partial charge >= 0.3 is 0 Å². The highest BCUT2D eigenvalue weighted by Gasteiger charge is 2.45. The molecule has 0 fully saturated rings. The maximum Gasteiger partial charge on any atom is 0.178 e. The highest BCUT2D eigenvalue weighted by Crippen LogP contribution is 2.49. The average molecular weight is 303 g/mol. The van der Waals surface area contributed by atoms with Crippen LogP contribution in [0.3, 0.4) is 0 Å². The molecule has 0 aromatic rings. The number of hydrogen-bond donors (Lipinski definition) is 0. The van der Waals surface area contributed by atoms with E-state index in [2.05, 4.69) is 82.0 Å². The molecule has 0 aliphatic rings. The molecule has 0 aromatic carbocycles. The van der Waals surface area contributed by atoms with Crippen LogP contribution in [0.2, 0.25) is 30.2 Å². The summed E-state index contributed by atoms with van der Waals surface area (Å²) in [6.07, 6.45) is 0. The van der Waals surface area contributed by atoms with Crippen LogP contribution in [-0.4, -0.2) is 17.4 Å². The molecule has 0 rings (SSSR count). The van der Waals surface area contributed by atoms with Crippen LogP contribution in [0, 0.1) is 10.8 Å². The van der Waals surface area contributed by atoms with E-state index < -0.39 is 17.4 Å². The topological polar surface area (TPSA) is 9.23 Å². The Morgan fingerprint density at radius 3 is 1.32 bits per heavy atom. The second-order valence-corrected chi connectivity index (χ2v) is 17.3. The lowest BCUT2D eigenvalue weighted by atomic mass is 9.77. The van der Waals surface area contributed by atoms with Gasteiger partial charge in [0, 0.05) is 0 Å². The summed E-state index contributed by atoms with van der Waals surface area (Å²) >= 11 is 0. The summed E-state index contributed by atoms with van der Waals surface area (Å²) in [7, 11) is -2.86. The van der Waals surface area contributed by atoms with Crippen LogP contribution in [0.15, 0.2) is 0 Å². The molecule has 0 spiro atoms. The molecule has 1 atom stereocenters. The lowest BCUT2D eigenvalue weighted by molar-refractivity contribution is 0.214. The predicted molar refractivity (Wildman–Crippen MR) is 94.0 cm³/mol. The van der Waals surface area contributed by atoms with Gasteiger partial charge in [0.15, 0.2) is 17.4 Å². The molecule has 0 aliphatic carbocycles. The molecular formula is C16H38OSi2. The summed E-state index contributed by atoms with van der Waals surface area (Å²) in [5.41, 5.74) is 1.34. The van der Waals surface area contributed by atoms with Crippen molar-refractivity contribution < 1.29 is 4.12 Å². The van der Waals surface area contributed by atoms with Crippen LogP contribution < -0.4 is 0 Å². The summed E-state index contributed by atoms with van der Waals surface area (Å²) < 4.78 is 6.80. The average Bonchev–Trinajstić information content (AvgIpc) is 1.92. The van der Waals surface area contributed by atoms with Gasteiger partial charge < -0.3 is 4.12 Å². The molecule has 1 unspecified atom stereocenters. The zero-order valence-electron chi connectivity index (χ0n) is 15.6. The summed E-state index contributed by atoms with van der Waals surface area (Å²) in [5.74, 6) is 0. The summed E-state index contributed by atoms with van der Waals surface area (Å²) in [6.45, 7) is 28.5. The molecule has 0 N–H and O–H groups in total. The standard InChI is InChI=1S/C16H38OSi2/c1-14(2,3)13(15(4,5)6)18(10)17-19(11,12)16(7,8)9/h13,18H,1-12H3. The second-order valence-electron chi connectivity index (χ2n) is 9.79. The van der Waals surface area contributed by atoms with Gasteiger partial charge in [0.1, 0.15) is 0 Å². The van der Waals surface area contributed by atoms with E-state index in [-0.39, 0.29) is 0 Å². The van der Waals surface area contributed by atoms with E-state index in [4.69, 9.17) is 4.12 Å². The first-order chi connectivity index (χ1) is 8.00. The molecular weight excluding hydrogens is 264 g/mol. The Kier molecular flexibility index (Phi) is 5.76. The highest BCUT2D eigenvalue weighted by atomic mass is 28.4. The fraction of sp³-hybridized carbons (Fsp3) is 1.00. The Balaban J connectivity index is 5.22. The van der Waals surface area contributed by atoms with Gasteiger partial charge in [-0.05, 0) is 41.1 Å². The van der Waals surface area contributed by atoms with Crippen molar-refractivity contribution >= 4 is 17.4 Å². The smallest absolute Gasteiger partial charge is 0.178 e. The van der Waals surface area contributed by atoms with Gasteiger partial charge in [0.25, 0.3) is 0 Å². The van der Waals surface area contributed by atoms with Crippen LogP contribution >= 0.6 is 0 Å². The highest BCUT2D eigenvalue weighted by molar-refractivity contribution is 6.80. The molecule has 0 saturated carbocycles. The van der Waals surface area contributed by atoms with Crippen molar-refractivity contribution in [3.63, 3.8) is 0 Å². The molecule has 3 heteroatoms. The molecule has 1 nitrogen and oxygen atoms in total. The van der Waals surface area contributed by atoms with E-state index >= 15 is 0 Å². The molecule has 0 saturated heterocycles. The zero-order chi connectivity index (χ0) is 15.9. The minimum Gasteiger partial charge on any atom is -0.457 e. The minimum absolute atomic E-state index is 0.314. The molecule has 0 aromatic heterocycles. The maximum atomic E-state index is 6.80. The minimum atomic E-state index is -1.63.